The molecule has 1 amide bonds. The SMILES string of the molecule is Cc1cc(CN2CCC(N(C)C(=O)OC(C)(C)C)CC2)cc(C)c1Br. The van der Waals surface area contributed by atoms with Crippen LogP contribution in [0, 0.1) is 13.8 Å². The van der Waals surface area contributed by atoms with Crippen molar-refractivity contribution in [2.24, 2.45) is 0 Å². The molecule has 2 rings (SSSR count). The lowest BCUT2D eigenvalue weighted by Crippen LogP contribution is -2.46. The minimum atomic E-state index is -0.441. The lowest BCUT2D eigenvalue weighted by atomic mass is 10.0. The van der Waals surface area contributed by atoms with E-state index in [0.717, 1.165) is 32.5 Å². The van der Waals surface area contributed by atoms with Crippen molar-refractivity contribution < 1.29 is 9.53 Å². The van der Waals surface area contributed by atoms with E-state index in [1.165, 1.54) is 21.2 Å². The fraction of sp³-hybridized carbons (Fsp3) is 0.650. The molecule has 1 aromatic rings. The van der Waals surface area contributed by atoms with Crippen molar-refractivity contribution in [3.63, 3.8) is 0 Å². The second-order valence-corrected chi connectivity index (χ2v) is 8.94. The fourth-order valence-corrected chi connectivity index (χ4v) is 3.56. The van der Waals surface area contributed by atoms with Gasteiger partial charge in [-0.1, -0.05) is 28.1 Å². The van der Waals surface area contributed by atoms with Gasteiger partial charge in [-0.3, -0.25) is 4.90 Å². The molecule has 0 atom stereocenters. The van der Waals surface area contributed by atoms with Gasteiger partial charge in [0, 0.05) is 37.2 Å². The fourth-order valence-electron chi connectivity index (χ4n) is 3.33. The van der Waals surface area contributed by atoms with E-state index in [1.54, 1.807) is 4.90 Å². The molecule has 0 unspecified atom stereocenters. The molecule has 0 N–H and O–H groups in total. The van der Waals surface area contributed by atoms with Gasteiger partial charge in [0.2, 0.25) is 0 Å². The van der Waals surface area contributed by atoms with Gasteiger partial charge in [0.15, 0.2) is 0 Å². The molecule has 5 heteroatoms. The summed E-state index contributed by atoms with van der Waals surface area (Å²) < 4.78 is 6.68. The zero-order chi connectivity index (χ0) is 18.8. The summed E-state index contributed by atoms with van der Waals surface area (Å²) in [7, 11) is 1.86. The Morgan fingerprint density at radius 1 is 1.24 bits per heavy atom. The highest BCUT2D eigenvalue weighted by molar-refractivity contribution is 9.10. The standard InChI is InChI=1S/C20H31BrN2O2/c1-14-11-16(12-15(2)18(14)21)13-23-9-7-17(8-10-23)22(6)19(24)25-20(3,4)5/h11-12,17H,7-10,13H2,1-6H3. The normalized spacial score (nSPS) is 16.8. The van der Waals surface area contributed by atoms with Crippen molar-refractivity contribution in [2.75, 3.05) is 20.1 Å². The van der Waals surface area contributed by atoms with Crippen LogP contribution in [-0.4, -0.2) is 47.7 Å². The quantitative estimate of drug-likeness (QED) is 0.710. The van der Waals surface area contributed by atoms with E-state index in [4.69, 9.17) is 4.74 Å². The Hall–Kier alpha value is -1.07. The topological polar surface area (TPSA) is 32.8 Å². The average molecular weight is 411 g/mol. The molecule has 0 aliphatic carbocycles. The first-order valence-electron chi connectivity index (χ1n) is 9.00. The van der Waals surface area contributed by atoms with Crippen molar-refractivity contribution in [2.45, 2.75) is 65.6 Å². The van der Waals surface area contributed by atoms with E-state index < -0.39 is 5.60 Å². The third kappa shape index (κ3) is 5.71. The molecule has 0 radical (unpaired) electrons. The number of carbonyl (C=O) groups excluding carboxylic acids is 1. The summed E-state index contributed by atoms with van der Waals surface area (Å²) >= 11 is 3.63. The van der Waals surface area contributed by atoms with Crippen molar-refractivity contribution in [1.29, 1.82) is 0 Å². The molecule has 1 saturated heterocycles. The number of benzene rings is 1. The van der Waals surface area contributed by atoms with E-state index in [-0.39, 0.29) is 12.1 Å². The Balaban J connectivity index is 1.88. The zero-order valence-electron chi connectivity index (χ0n) is 16.4. The minimum absolute atomic E-state index is 0.217. The number of ether oxygens (including phenoxy) is 1. The molecule has 1 aliphatic rings. The van der Waals surface area contributed by atoms with Crippen LogP contribution in [0.5, 0.6) is 0 Å². The van der Waals surface area contributed by atoms with Crippen LogP contribution in [0.15, 0.2) is 16.6 Å². The first-order valence-corrected chi connectivity index (χ1v) is 9.80. The Bertz CT molecular complexity index is 594. The van der Waals surface area contributed by atoms with Crippen LogP contribution >= 0.6 is 15.9 Å². The number of rotatable bonds is 3. The first kappa shape index (κ1) is 20.2. The maximum Gasteiger partial charge on any atom is 0.410 e. The predicted octanol–water partition coefficient (Wildman–Crippen LogP) is 4.90. The van der Waals surface area contributed by atoms with E-state index in [1.807, 2.05) is 27.8 Å². The van der Waals surface area contributed by atoms with Gasteiger partial charge < -0.3 is 9.64 Å². The van der Waals surface area contributed by atoms with Crippen molar-refractivity contribution in [3.05, 3.63) is 33.3 Å². The number of nitrogens with zero attached hydrogens (tertiary/aromatic N) is 2. The Morgan fingerprint density at radius 3 is 2.24 bits per heavy atom. The molecule has 1 fully saturated rings. The second kappa shape index (κ2) is 8.09. The van der Waals surface area contributed by atoms with Gasteiger partial charge in [0.1, 0.15) is 5.60 Å². The Labute approximate surface area is 160 Å². The maximum atomic E-state index is 12.2. The highest BCUT2D eigenvalue weighted by Crippen LogP contribution is 2.25. The molecule has 0 spiro atoms. The number of hydrogen-bond acceptors (Lipinski definition) is 3. The maximum absolute atomic E-state index is 12.2. The molecular formula is C20H31BrN2O2. The van der Waals surface area contributed by atoms with Crippen LogP contribution in [0.1, 0.15) is 50.3 Å². The molecule has 1 aromatic carbocycles. The number of hydrogen-bond donors (Lipinski definition) is 0. The minimum Gasteiger partial charge on any atom is -0.444 e. The van der Waals surface area contributed by atoms with Crippen LogP contribution in [-0.2, 0) is 11.3 Å². The molecule has 140 valence electrons. The molecular weight excluding hydrogens is 380 g/mol. The number of halogens is 1. The molecule has 1 aliphatic heterocycles. The lowest BCUT2D eigenvalue weighted by Gasteiger charge is -2.37. The van der Waals surface area contributed by atoms with E-state index in [0.29, 0.717) is 0 Å². The third-order valence-corrected chi connectivity index (χ3v) is 5.94. The molecule has 25 heavy (non-hydrogen) atoms. The number of carbonyl (C=O) groups is 1. The number of aryl methyl sites for hydroxylation is 2. The summed E-state index contributed by atoms with van der Waals surface area (Å²) in [6.45, 7) is 13.0. The highest BCUT2D eigenvalue weighted by Gasteiger charge is 2.28. The van der Waals surface area contributed by atoms with E-state index >= 15 is 0 Å². The monoisotopic (exact) mass is 410 g/mol. The highest BCUT2D eigenvalue weighted by atomic mass is 79.9. The van der Waals surface area contributed by atoms with Gasteiger partial charge in [-0.2, -0.15) is 0 Å². The van der Waals surface area contributed by atoms with Gasteiger partial charge in [-0.15, -0.1) is 0 Å². The molecule has 0 bridgehead atoms. The van der Waals surface area contributed by atoms with Gasteiger partial charge in [-0.05, 0) is 64.2 Å². The van der Waals surface area contributed by atoms with Gasteiger partial charge in [-0.25, -0.2) is 4.79 Å². The number of likely N-dealkylation sites (tertiary alicyclic amines) is 1. The van der Waals surface area contributed by atoms with Crippen molar-refractivity contribution in [3.8, 4) is 0 Å². The molecule has 0 aromatic heterocycles. The molecule has 1 heterocycles. The smallest absolute Gasteiger partial charge is 0.410 e. The predicted molar refractivity (Wildman–Crippen MR) is 106 cm³/mol. The van der Waals surface area contributed by atoms with Crippen LogP contribution in [0.3, 0.4) is 0 Å². The summed E-state index contributed by atoms with van der Waals surface area (Å²) in [6, 6.07) is 4.78. The summed E-state index contributed by atoms with van der Waals surface area (Å²) in [6.07, 6.45) is 1.76. The van der Waals surface area contributed by atoms with Crippen LogP contribution < -0.4 is 0 Å². The van der Waals surface area contributed by atoms with Gasteiger partial charge in [0.05, 0.1) is 0 Å². The first-order chi connectivity index (χ1) is 11.6. The zero-order valence-corrected chi connectivity index (χ0v) is 17.9. The summed E-state index contributed by atoms with van der Waals surface area (Å²) in [5, 5.41) is 0. The van der Waals surface area contributed by atoms with E-state index in [2.05, 4.69) is 46.8 Å². The second-order valence-electron chi connectivity index (χ2n) is 8.14. The number of piperidine rings is 1. The van der Waals surface area contributed by atoms with Crippen molar-refractivity contribution in [1.82, 2.24) is 9.80 Å². The van der Waals surface area contributed by atoms with E-state index in [9.17, 15) is 4.79 Å². The van der Waals surface area contributed by atoms with Gasteiger partial charge in [0.25, 0.3) is 0 Å². The summed E-state index contributed by atoms with van der Waals surface area (Å²) in [4.78, 5) is 16.5. The third-order valence-electron chi connectivity index (χ3n) is 4.69. The molecule has 4 nitrogen and oxygen atoms in total. The van der Waals surface area contributed by atoms with Crippen molar-refractivity contribution >= 4 is 22.0 Å². The lowest BCUT2D eigenvalue weighted by molar-refractivity contribution is 0.0149. The van der Waals surface area contributed by atoms with Crippen LogP contribution in [0.2, 0.25) is 0 Å². The average Bonchev–Trinajstić information content (AvgIpc) is 2.51. The number of amides is 1. The summed E-state index contributed by atoms with van der Waals surface area (Å²) in [5.41, 5.74) is 3.49. The largest absolute Gasteiger partial charge is 0.444 e. The summed E-state index contributed by atoms with van der Waals surface area (Å²) in [5.74, 6) is 0. The van der Waals surface area contributed by atoms with Crippen LogP contribution in [0.4, 0.5) is 4.79 Å². The van der Waals surface area contributed by atoms with Gasteiger partial charge >= 0.3 is 6.09 Å². The van der Waals surface area contributed by atoms with Crippen LogP contribution in [0.25, 0.3) is 0 Å². The Morgan fingerprint density at radius 2 is 1.76 bits per heavy atom. The Kier molecular flexibility index (Phi) is 6.55. The molecule has 0 saturated carbocycles.